The van der Waals surface area contributed by atoms with Crippen LogP contribution in [-0.4, -0.2) is 16.7 Å². The Balaban J connectivity index is 1.26. The highest BCUT2D eigenvalue weighted by molar-refractivity contribution is 9.10. The van der Waals surface area contributed by atoms with Gasteiger partial charge in [-0.15, -0.1) is 6.58 Å². The third-order valence-corrected chi connectivity index (χ3v) is 7.56. The van der Waals surface area contributed by atoms with Gasteiger partial charge in [0.15, 0.2) is 0 Å². The fourth-order valence-electron chi connectivity index (χ4n) is 4.66. The van der Waals surface area contributed by atoms with E-state index in [1.165, 1.54) is 0 Å². The number of ether oxygens (including phenoxy) is 1. The quantitative estimate of drug-likeness (QED) is 0.0943. The van der Waals surface area contributed by atoms with Crippen molar-refractivity contribution in [1.29, 1.82) is 0 Å². The zero-order valence-electron chi connectivity index (χ0n) is 23.1. The molecule has 5 rings (SSSR count). The number of rotatable bonds is 10. The predicted molar refractivity (Wildman–Crippen MR) is 175 cm³/mol. The second kappa shape index (κ2) is 13.5. The Morgan fingerprint density at radius 1 is 1.00 bits per heavy atom. The summed E-state index contributed by atoms with van der Waals surface area (Å²) >= 11 is 9.62. The highest BCUT2D eigenvalue weighted by Crippen LogP contribution is 2.32. The van der Waals surface area contributed by atoms with Crippen LogP contribution in [-0.2, 0) is 13.0 Å². The van der Waals surface area contributed by atoms with Crippen molar-refractivity contribution >= 4 is 39.7 Å². The van der Waals surface area contributed by atoms with E-state index in [2.05, 4.69) is 68.8 Å². The molecule has 210 valence electrons. The van der Waals surface area contributed by atoms with Gasteiger partial charge in [-0.2, -0.15) is 5.10 Å². The van der Waals surface area contributed by atoms with E-state index < -0.39 is 0 Å². The molecule has 5 aromatic rings. The van der Waals surface area contributed by atoms with Crippen LogP contribution in [0.25, 0.3) is 16.9 Å². The van der Waals surface area contributed by atoms with E-state index in [-0.39, 0.29) is 5.91 Å². The number of carbonyl (C=O) groups excluding carboxylic acids is 1. The molecule has 0 aliphatic rings. The summed E-state index contributed by atoms with van der Waals surface area (Å²) in [5.41, 5.74) is 10.2. The Bertz CT molecular complexity index is 1730. The number of nitrogens with zero attached hydrogens (tertiary/aromatic N) is 2. The molecule has 0 unspecified atom stereocenters. The van der Waals surface area contributed by atoms with E-state index in [0.717, 1.165) is 49.6 Å². The second-order valence-electron chi connectivity index (χ2n) is 9.71. The van der Waals surface area contributed by atoms with Crippen LogP contribution in [0.5, 0.6) is 5.75 Å². The number of hydrazone groups is 1. The lowest BCUT2D eigenvalue weighted by molar-refractivity contribution is 0.0955. The molecular formula is C35H29BrClN3O2. The minimum Gasteiger partial charge on any atom is -0.487 e. The summed E-state index contributed by atoms with van der Waals surface area (Å²) in [5.74, 6) is 0.443. The zero-order chi connectivity index (χ0) is 29.5. The van der Waals surface area contributed by atoms with Crippen LogP contribution in [0.3, 0.4) is 0 Å². The number of hydrogen-bond donors (Lipinski definition) is 1. The lowest BCUT2D eigenvalue weighted by atomic mass is 10.1. The number of allylic oxidation sites excluding steroid dienone is 1. The van der Waals surface area contributed by atoms with Gasteiger partial charge in [-0.3, -0.25) is 4.79 Å². The average molecular weight is 639 g/mol. The largest absolute Gasteiger partial charge is 0.487 e. The fraction of sp³-hybridized carbons (Fsp3) is 0.0857. The number of benzene rings is 4. The summed E-state index contributed by atoms with van der Waals surface area (Å²) in [6.45, 7) is 6.34. The molecule has 5 nitrogen and oxygen atoms in total. The Morgan fingerprint density at radius 3 is 2.45 bits per heavy atom. The van der Waals surface area contributed by atoms with Gasteiger partial charge in [-0.25, -0.2) is 5.43 Å². The van der Waals surface area contributed by atoms with E-state index in [1.807, 2.05) is 72.8 Å². The summed E-state index contributed by atoms with van der Waals surface area (Å²) in [6, 6.07) is 33.4. The number of hydrogen-bond acceptors (Lipinski definition) is 3. The normalized spacial score (nSPS) is 11.0. The van der Waals surface area contributed by atoms with Gasteiger partial charge in [0.2, 0.25) is 0 Å². The lowest BCUT2D eigenvalue weighted by Gasteiger charge is -2.14. The van der Waals surface area contributed by atoms with Crippen molar-refractivity contribution in [1.82, 2.24) is 9.99 Å². The van der Waals surface area contributed by atoms with Gasteiger partial charge in [0.1, 0.15) is 12.4 Å². The topological polar surface area (TPSA) is 55.6 Å². The van der Waals surface area contributed by atoms with Gasteiger partial charge in [0.05, 0.1) is 16.4 Å². The average Bonchev–Trinajstić information content (AvgIpc) is 3.39. The number of aryl methyl sites for hydroxylation is 1. The summed E-state index contributed by atoms with van der Waals surface area (Å²) < 4.78 is 9.09. The monoisotopic (exact) mass is 637 g/mol. The standard InChI is InChI=1S/C35H29BrClN3O2/c1-3-7-29-20-26(21-32(36)34(29)42-23-25-11-15-30(37)16-12-25)22-38-39-35(41)28-13-17-31(18-14-28)40-24(2)10-19-33(40)27-8-5-4-6-9-27/h3-6,8-22H,1,7,23H2,2H3,(H,39,41)/b38-22+. The van der Waals surface area contributed by atoms with Crippen molar-refractivity contribution < 1.29 is 9.53 Å². The van der Waals surface area contributed by atoms with Crippen LogP contribution >= 0.6 is 27.5 Å². The Labute approximate surface area is 259 Å². The molecule has 42 heavy (non-hydrogen) atoms. The van der Waals surface area contributed by atoms with E-state index >= 15 is 0 Å². The van der Waals surface area contributed by atoms with Crippen LogP contribution in [0.4, 0.5) is 0 Å². The number of nitrogens with one attached hydrogen (secondary N) is 1. The molecule has 1 amide bonds. The lowest BCUT2D eigenvalue weighted by Crippen LogP contribution is -2.17. The van der Waals surface area contributed by atoms with Crippen molar-refractivity contribution in [3.05, 3.63) is 153 Å². The molecule has 0 saturated carbocycles. The maximum atomic E-state index is 12.8. The van der Waals surface area contributed by atoms with E-state index in [1.54, 1.807) is 18.3 Å². The summed E-state index contributed by atoms with van der Waals surface area (Å²) in [6.07, 6.45) is 4.05. The smallest absolute Gasteiger partial charge is 0.271 e. The highest BCUT2D eigenvalue weighted by atomic mass is 79.9. The van der Waals surface area contributed by atoms with Crippen LogP contribution < -0.4 is 10.2 Å². The molecule has 0 bridgehead atoms. The first kappa shape index (κ1) is 29.1. The summed E-state index contributed by atoms with van der Waals surface area (Å²) in [5, 5.41) is 4.89. The Hall–Kier alpha value is -4.39. The van der Waals surface area contributed by atoms with Crippen molar-refractivity contribution in [3.63, 3.8) is 0 Å². The van der Waals surface area contributed by atoms with E-state index in [0.29, 0.717) is 23.6 Å². The first-order valence-electron chi connectivity index (χ1n) is 13.4. The Kier molecular flexibility index (Phi) is 9.37. The van der Waals surface area contributed by atoms with Crippen molar-refractivity contribution in [2.24, 2.45) is 5.10 Å². The molecular weight excluding hydrogens is 610 g/mol. The molecule has 7 heteroatoms. The molecule has 1 aromatic heterocycles. The van der Waals surface area contributed by atoms with Gasteiger partial charge in [0.25, 0.3) is 5.91 Å². The molecule has 0 aliphatic heterocycles. The van der Waals surface area contributed by atoms with E-state index in [9.17, 15) is 4.79 Å². The SMILES string of the molecule is C=CCc1cc(/C=N/NC(=O)c2ccc(-n3c(C)ccc3-c3ccccc3)cc2)cc(Br)c1OCc1ccc(Cl)cc1. The molecule has 0 spiro atoms. The molecule has 0 atom stereocenters. The zero-order valence-corrected chi connectivity index (χ0v) is 25.4. The van der Waals surface area contributed by atoms with E-state index in [4.69, 9.17) is 16.3 Å². The minimum atomic E-state index is -0.293. The third kappa shape index (κ3) is 6.90. The van der Waals surface area contributed by atoms with Gasteiger partial charge in [-0.1, -0.05) is 60.1 Å². The van der Waals surface area contributed by atoms with Crippen molar-refractivity contribution in [3.8, 4) is 22.7 Å². The minimum absolute atomic E-state index is 0.293. The number of aromatic nitrogens is 1. The van der Waals surface area contributed by atoms with Crippen molar-refractivity contribution in [2.45, 2.75) is 20.0 Å². The summed E-state index contributed by atoms with van der Waals surface area (Å²) in [7, 11) is 0. The molecule has 0 radical (unpaired) electrons. The maximum absolute atomic E-state index is 12.8. The maximum Gasteiger partial charge on any atom is 0.271 e. The number of carbonyl (C=O) groups is 1. The molecule has 0 fully saturated rings. The fourth-order valence-corrected chi connectivity index (χ4v) is 5.42. The molecule has 1 N–H and O–H groups in total. The second-order valence-corrected chi connectivity index (χ2v) is 11.0. The van der Waals surface area contributed by atoms with Crippen LogP contribution in [0.2, 0.25) is 5.02 Å². The molecule has 1 heterocycles. The van der Waals surface area contributed by atoms with Gasteiger partial charge in [0, 0.05) is 22.0 Å². The van der Waals surface area contributed by atoms with Gasteiger partial charge in [-0.05, 0) is 112 Å². The number of amides is 1. The van der Waals surface area contributed by atoms with Crippen LogP contribution in [0.1, 0.15) is 32.7 Å². The van der Waals surface area contributed by atoms with Gasteiger partial charge >= 0.3 is 0 Å². The van der Waals surface area contributed by atoms with Gasteiger partial charge < -0.3 is 9.30 Å². The number of halogens is 2. The molecule has 4 aromatic carbocycles. The first-order chi connectivity index (χ1) is 20.4. The molecule has 0 saturated heterocycles. The van der Waals surface area contributed by atoms with Crippen LogP contribution in [0.15, 0.2) is 125 Å². The molecule has 0 aliphatic carbocycles. The van der Waals surface area contributed by atoms with Crippen LogP contribution in [0, 0.1) is 6.92 Å². The predicted octanol–water partition coefficient (Wildman–Crippen LogP) is 8.94. The summed E-state index contributed by atoms with van der Waals surface area (Å²) in [4.78, 5) is 12.8. The first-order valence-corrected chi connectivity index (χ1v) is 14.6. The Morgan fingerprint density at radius 2 is 1.74 bits per heavy atom. The third-order valence-electron chi connectivity index (χ3n) is 6.72. The van der Waals surface area contributed by atoms with Crippen molar-refractivity contribution in [2.75, 3.05) is 0 Å². The highest BCUT2D eigenvalue weighted by Gasteiger charge is 2.12.